The number of hydrogen-bond acceptors (Lipinski definition) is 8. The Hall–Kier alpha value is -2.49. The number of allylic oxidation sites excluding steroid dienone is 6. The second-order valence-electron chi connectivity index (χ2n) is 19.5. The third kappa shape index (κ3) is 49.2. The molecule has 0 N–H and O–H groups in total. The van der Waals surface area contributed by atoms with E-state index >= 15 is 0 Å². The Kier molecular flexibility index (Phi) is 46.1. The van der Waals surface area contributed by atoms with Crippen LogP contribution in [0.3, 0.4) is 0 Å². The Balaban J connectivity index is 4.29. The van der Waals surface area contributed by atoms with Gasteiger partial charge in [0.1, 0.15) is 13.2 Å². The molecule has 0 heterocycles. The first kappa shape index (κ1) is 62.5. The standard InChI is InChI=1S/C56H103NO8/c1-6-8-10-12-14-16-18-20-22-24-26-27-29-30-32-34-36-38-40-42-44-46-53(58)63-50-52(51-64-56(55(60)61)62-49-48-57(3,4)5)65-54(59)47-45-43-41-39-37-35-33-31-28-25-23-21-19-17-15-13-11-9-7-2/h15,17,21,23-24,26,52,56H,6-14,16,18-20,22,25,27-51H2,1-5H3/b17-15-,23-21-,26-24-. The van der Waals surface area contributed by atoms with Crippen molar-refractivity contribution in [3.63, 3.8) is 0 Å². The minimum atomic E-state index is -1.62. The van der Waals surface area contributed by atoms with Crippen LogP contribution in [0.4, 0.5) is 0 Å². The molecule has 0 spiro atoms. The smallest absolute Gasteiger partial charge is 0.306 e. The quantitative estimate of drug-likeness (QED) is 0.0195. The summed E-state index contributed by atoms with van der Waals surface area (Å²) in [5, 5.41) is 11.7. The normalized spacial score (nSPS) is 13.1. The van der Waals surface area contributed by atoms with Crippen LogP contribution in [0.5, 0.6) is 0 Å². The fourth-order valence-corrected chi connectivity index (χ4v) is 7.62. The average Bonchev–Trinajstić information content (AvgIpc) is 3.27. The van der Waals surface area contributed by atoms with E-state index in [9.17, 15) is 19.5 Å². The molecule has 0 aromatic carbocycles. The molecule has 0 rings (SSSR count). The molecule has 0 fully saturated rings. The molecule has 0 aliphatic heterocycles. The van der Waals surface area contributed by atoms with Crippen molar-refractivity contribution in [1.82, 2.24) is 0 Å². The summed E-state index contributed by atoms with van der Waals surface area (Å²) in [7, 11) is 5.92. The molecule has 0 amide bonds. The summed E-state index contributed by atoms with van der Waals surface area (Å²) in [5.41, 5.74) is 0. The Bertz CT molecular complexity index is 1160. The molecular weight excluding hydrogens is 815 g/mol. The lowest BCUT2D eigenvalue weighted by atomic mass is 10.1. The number of nitrogens with zero attached hydrogens (tertiary/aromatic N) is 1. The van der Waals surface area contributed by atoms with Gasteiger partial charge in [-0.3, -0.25) is 9.59 Å². The van der Waals surface area contributed by atoms with Crippen molar-refractivity contribution in [1.29, 1.82) is 0 Å². The number of aliphatic carboxylic acids is 1. The first-order valence-electron chi connectivity index (χ1n) is 27.1. The first-order valence-corrected chi connectivity index (χ1v) is 27.1. The predicted octanol–water partition coefficient (Wildman–Crippen LogP) is 14.0. The summed E-state index contributed by atoms with van der Waals surface area (Å²) in [6.07, 6.45) is 53.2. The maximum atomic E-state index is 12.8. The molecule has 9 heteroatoms. The number of carbonyl (C=O) groups excluding carboxylic acids is 3. The van der Waals surface area contributed by atoms with E-state index in [1.807, 2.05) is 21.1 Å². The fraction of sp³-hybridized carbons (Fsp3) is 0.839. The Morgan fingerprint density at radius 1 is 0.462 bits per heavy atom. The summed E-state index contributed by atoms with van der Waals surface area (Å²) < 4.78 is 22.7. The van der Waals surface area contributed by atoms with E-state index in [-0.39, 0.29) is 32.2 Å². The molecule has 9 nitrogen and oxygen atoms in total. The third-order valence-corrected chi connectivity index (χ3v) is 11.9. The van der Waals surface area contributed by atoms with E-state index in [0.29, 0.717) is 23.9 Å². The maximum Gasteiger partial charge on any atom is 0.306 e. The van der Waals surface area contributed by atoms with Crippen molar-refractivity contribution in [2.45, 2.75) is 257 Å². The van der Waals surface area contributed by atoms with Crippen molar-refractivity contribution in [3.05, 3.63) is 36.5 Å². The number of carboxylic acids is 1. The zero-order valence-corrected chi connectivity index (χ0v) is 43.1. The minimum Gasteiger partial charge on any atom is -0.545 e. The zero-order chi connectivity index (χ0) is 47.7. The average molecular weight is 918 g/mol. The second-order valence-corrected chi connectivity index (χ2v) is 19.5. The number of unbranched alkanes of at least 4 members (excludes halogenated alkanes) is 29. The van der Waals surface area contributed by atoms with Gasteiger partial charge in [-0.25, -0.2) is 0 Å². The molecule has 380 valence electrons. The predicted molar refractivity (Wildman–Crippen MR) is 269 cm³/mol. The molecular formula is C56H103NO8. The Labute approximate surface area is 400 Å². The van der Waals surface area contributed by atoms with Gasteiger partial charge >= 0.3 is 11.9 Å². The van der Waals surface area contributed by atoms with Gasteiger partial charge in [-0.2, -0.15) is 0 Å². The number of hydrogen-bond donors (Lipinski definition) is 0. The molecule has 0 aromatic rings. The van der Waals surface area contributed by atoms with E-state index < -0.39 is 24.3 Å². The molecule has 2 atom stereocenters. The lowest BCUT2D eigenvalue weighted by Crippen LogP contribution is -2.44. The number of esters is 2. The number of likely N-dealkylation sites (N-methyl/N-ethyl adjacent to an activating group) is 1. The summed E-state index contributed by atoms with van der Waals surface area (Å²) in [4.78, 5) is 37.2. The van der Waals surface area contributed by atoms with Gasteiger partial charge in [0, 0.05) is 12.8 Å². The molecule has 0 saturated heterocycles. The fourth-order valence-electron chi connectivity index (χ4n) is 7.62. The van der Waals surface area contributed by atoms with Gasteiger partial charge in [0.2, 0.25) is 0 Å². The monoisotopic (exact) mass is 918 g/mol. The lowest BCUT2D eigenvalue weighted by Gasteiger charge is -2.26. The number of carbonyl (C=O) groups is 3. The van der Waals surface area contributed by atoms with Gasteiger partial charge in [-0.05, 0) is 70.6 Å². The van der Waals surface area contributed by atoms with Gasteiger partial charge in [-0.1, -0.05) is 198 Å². The number of rotatable bonds is 50. The summed E-state index contributed by atoms with van der Waals surface area (Å²) >= 11 is 0. The van der Waals surface area contributed by atoms with Gasteiger partial charge < -0.3 is 33.3 Å². The third-order valence-electron chi connectivity index (χ3n) is 11.9. The lowest BCUT2D eigenvalue weighted by molar-refractivity contribution is -0.870. The van der Waals surface area contributed by atoms with Crippen molar-refractivity contribution in [3.8, 4) is 0 Å². The Morgan fingerprint density at radius 3 is 1.26 bits per heavy atom. The molecule has 0 radical (unpaired) electrons. The van der Waals surface area contributed by atoms with Gasteiger partial charge in [0.25, 0.3) is 0 Å². The number of carboxylic acid groups (broad SMARTS) is 1. The highest BCUT2D eigenvalue weighted by molar-refractivity contribution is 5.70. The summed E-state index contributed by atoms with van der Waals surface area (Å²) in [6, 6.07) is 0. The highest BCUT2D eigenvalue weighted by atomic mass is 16.7. The van der Waals surface area contributed by atoms with Crippen LogP contribution in [0.2, 0.25) is 0 Å². The minimum absolute atomic E-state index is 0.147. The van der Waals surface area contributed by atoms with Crippen LogP contribution in [0.15, 0.2) is 36.5 Å². The first-order chi connectivity index (χ1) is 31.6. The van der Waals surface area contributed by atoms with E-state index in [0.717, 1.165) is 51.4 Å². The molecule has 0 saturated carbocycles. The van der Waals surface area contributed by atoms with Gasteiger partial charge in [0.05, 0.1) is 40.3 Å². The van der Waals surface area contributed by atoms with Crippen LogP contribution in [-0.2, 0) is 33.3 Å². The maximum absolute atomic E-state index is 12.8. The van der Waals surface area contributed by atoms with Crippen LogP contribution >= 0.6 is 0 Å². The molecule has 0 aliphatic rings. The van der Waals surface area contributed by atoms with Gasteiger partial charge in [0.15, 0.2) is 12.4 Å². The number of quaternary nitrogens is 1. The Morgan fingerprint density at radius 2 is 0.831 bits per heavy atom. The summed E-state index contributed by atoms with van der Waals surface area (Å²) in [5.74, 6) is -2.28. The van der Waals surface area contributed by atoms with E-state index in [1.165, 1.54) is 161 Å². The van der Waals surface area contributed by atoms with Crippen LogP contribution in [0.25, 0.3) is 0 Å². The number of ether oxygens (including phenoxy) is 4. The molecule has 0 bridgehead atoms. The van der Waals surface area contributed by atoms with Crippen LogP contribution in [0.1, 0.15) is 245 Å². The van der Waals surface area contributed by atoms with E-state index in [4.69, 9.17) is 18.9 Å². The van der Waals surface area contributed by atoms with Crippen molar-refractivity contribution < 1.29 is 42.9 Å². The van der Waals surface area contributed by atoms with Crippen molar-refractivity contribution >= 4 is 17.9 Å². The van der Waals surface area contributed by atoms with E-state index in [1.54, 1.807) is 0 Å². The molecule has 0 aromatic heterocycles. The van der Waals surface area contributed by atoms with Crippen LogP contribution in [-0.4, -0.2) is 82.3 Å². The van der Waals surface area contributed by atoms with Crippen molar-refractivity contribution in [2.24, 2.45) is 0 Å². The molecule has 2 unspecified atom stereocenters. The zero-order valence-electron chi connectivity index (χ0n) is 43.1. The molecule has 65 heavy (non-hydrogen) atoms. The van der Waals surface area contributed by atoms with Crippen LogP contribution < -0.4 is 5.11 Å². The van der Waals surface area contributed by atoms with E-state index in [2.05, 4.69) is 50.3 Å². The van der Waals surface area contributed by atoms with Crippen molar-refractivity contribution in [2.75, 3.05) is 47.5 Å². The molecule has 0 aliphatic carbocycles. The highest BCUT2D eigenvalue weighted by Crippen LogP contribution is 2.15. The highest BCUT2D eigenvalue weighted by Gasteiger charge is 2.22. The topological polar surface area (TPSA) is 111 Å². The SMILES string of the molecule is CCCCC/C=C\C/C=C\CCCCCCCCCCCC(=O)OC(COC(=O)CCCCCCCCCCC/C=C\CCCCCCCCCC)COC(OCC[N+](C)(C)C)C(=O)[O-]. The van der Waals surface area contributed by atoms with Gasteiger partial charge in [-0.15, -0.1) is 0 Å². The second kappa shape index (κ2) is 48.0. The summed E-state index contributed by atoms with van der Waals surface area (Å²) in [6.45, 7) is 4.74. The largest absolute Gasteiger partial charge is 0.545 e. The van der Waals surface area contributed by atoms with Crippen LogP contribution in [0, 0.1) is 0 Å².